The van der Waals surface area contributed by atoms with Gasteiger partial charge < -0.3 is 29.7 Å². The average Bonchev–Trinajstić information content (AvgIpc) is 3.23. The number of phenols is 1. The number of aromatic hydroxyl groups is 1. The van der Waals surface area contributed by atoms with Crippen LogP contribution in [0.3, 0.4) is 0 Å². The van der Waals surface area contributed by atoms with Crippen molar-refractivity contribution in [3.8, 4) is 11.5 Å². The molecule has 0 aliphatic carbocycles. The van der Waals surface area contributed by atoms with Crippen LogP contribution in [0.2, 0.25) is 0 Å². The molecule has 5 aromatic rings. The molecule has 61 heavy (non-hydrogen) atoms. The number of aryl methyl sites for hydroxylation is 1. The monoisotopic (exact) mass is 940 g/mol. The number of hydrogen-bond donors (Lipinski definition) is 5. The number of hydrogen-bond acceptors (Lipinski definition) is 24. The van der Waals surface area contributed by atoms with Crippen LogP contribution in [0.25, 0.3) is 10.8 Å². The Labute approximate surface area is 356 Å². The number of ether oxygens (including phenoxy) is 1. The Bertz CT molecular complexity index is 2740. The van der Waals surface area contributed by atoms with Gasteiger partial charge in [-0.2, -0.15) is 8.42 Å². The molecule has 28 heteroatoms. The summed E-state index contributed by atoms with van der Waals surface area (Å²) in [6.07, 6.45) is 2.76. The Balaban J connectivity index is 1.46. The molecule has 0 saturated carbocycles. The zero-order valence-corrected chi connectivity index (χ0v) is 34.7. The summed E-state index contributed by atoms with van der Waals surface area (Å²) in [5.74, 6) is -3.67. The molecule has 6 N–H and O–H groups in total. The van der Waals surface area contributed by atoms with Crippen molar-refractivity contribution >= 4 is 107 Å². The highest BCUT2D eigenvalue weighted by atomic mass is 32.2. The van der Waals surface area contributed by atoms with Crippen molar-refractivity contribution in [3.05, 3.63) is 84.7 Å². The van der Waals surface area contributed by atoms with Gasteiger partial charge >= 0.3 is 5.97 Å². The number of phenolic OH excluding ortho intramolecular Hbond substituents is 1. The Kier molecular flexibility index (Phi) is 15.9. The lowest BCUT2D eigenvalue weighted by Crippen LogP contribution is -2.38. The first-order valence-corrected chi connectivity index (χ1v) is 21.8. The molecule has 0 spiro atoms. The predicted octanol–water partition coefficient (Wildman–Crippen LogP) is 5.39. The van der Waals surface area contributed by atoms with Crippen LogP contribution in [0, 0.1) is 0 Å². The summed E-state index contributed by atoms with van der Waals surface area (Å²) in [5.41, 5.74) is 5.44. The van der Waals surface area contributed by atoms with Crippen molar-refractivity contribution in [2.24, 2.45) is 20.5 Å². The van der Waals surface area contributed by atoms with Gasteiger partial charge in [-0.25, -0.2) is 23.5 Å². The minimum absolute atomic E-state index is 0.00130. The van der Waals surface area contributed by atoms with Crippen molar-refractivity contribution in [1.82, 2.24) is 0 Å². The Morgan fingerprint density at radius 1 is 0.869 bits per heavy atom. The Morgan fingerprint density at radius 3 is 2.30 bits per heavy atom. The second-order valence-corrected chi connectivity index (χ2v) is 17.3. The minimum atomic E-state index is -4.97. The van der Waals surface area contributed by atoms with Crippen LogP contribution in [0.1, 0.15) is 10.4 Å². The molecule has 0 fully saturated rings. The lowest BCUT2D eigenvalue weighted by molar-refractivity contribution is -0.692. The molecular weight excluding hydrogens is 913 g/mol. The van der Waals surface area contributed by atoms with Gasteiger partial charge in [0, 0.05) is 39.8 Å². The lowest BCUT2D eigenvalue weighted by Gasteiger charge is -2.12. The van der Waals surface area contributed by atoms with Crippen LogP contribution in [0.4, 0.5) is 28.4 Å². The molecule has 1 aromatic heterocycles. The van der Waals surface area contributed by atoms with E-state index in [4.69, 9.17) is 25.2 Å². The fourth-order valence-electron chi connectivity index (χ4n) is 5.06. The second-order valence-electron chi connectivity index (χ2n) is 11.6. The highest BCUT2D eigenvalue weighted by molar-refractivity contribution is 7.96. The number of sulfone groups is 1. The number of anilines is 1. The van der Waals surface area contributed by atoms with Crippen LogP contribution in [0.15, 0.2) is 119 Å². The predicted molar refractivity (Wildman–Crippen MR) is 211 cm³/mol. The van der Waals surface area contributed by atoms with Crippen molar-refractivity contribution in [2.45, 2.75) is 26.1 Å². The highest BCUT2D eigenvalue weighted by Crippen LogP contribution is 2.48. The Hall–Kier alpha value is -5.50. The molecule has 23 nitrogen and oxygen atoms in total. The second kappa shape index (κ2) is 20.8. The van der Waals surface area contributed by atoms with E-state index in [0.717, 1.165) is 12.1 Å². The van der Waals surface area contributed by atoms with Crippen LogP contribution in [0.5, 0.6) is 11.5 Å². The number of aromatic nitrogens is 1. The fraction of sp³-hybridized carbons (Fsp3) is 0.121. The first-order chi connectivity index (χ1) is 29.1. The van der Waals surface area contributed by atoms with E-state index in [2.05, 4.69) is 39.2 Å². The third kappa shape index (κ3) is 12.1. The smallest absolute Gasteiger partial charge is 0.330 e. The van der Waals surface area contributed by atoms with E-state index in [-0.39, 0.29) is 66.1 Å². The molecule has 0 bridgehead atoms. The molecular formula is C33H28N6O17S5. The molecule has 0 unspecified atom stereocenters. The number of fused-ring (bicyclic) bond motifs is 1. The number of carboxylic acid groups (broad SMARTS) is 1. The van der Waals surface area contributed by atoms with Crippen LogP contribution < -0.4 is 20.1 Å². The van der Waals surface area contributed by atoms with Gasteiger partial charge in [-0.1, -0.05) is 10.1 Å². The maximum absolute atomic E-state index is 13.2. The van der Waals surface area contributed by atoms with Crippen LogP contribution >= 0.6 is 36.1 Å². The van der Waals surface area contributed by atoms with Gasteiger partial charge in [-0.05, 0) is 54.6 Å². The zero-order chi connectivity index (χ0) is 44.3. The highest BCUT2D eigenvalue weighted by Gasteiger charge is 2.23. The third-order valence-electron chi connectivity index (χ3n) is 7.82. The number of pyridine rings is 1. The largest absolute Gasteiger partial charge is 0.545 e. The first kappa shape index (κ1) is 46.6. The number of carbonyl (C=O) groups excluding carboxylic acids is 2. The average molecular weight is 941 g/mol. The maximum Gasteiger partial charge on any atom is 0.330 e. The molecule has 322 valence electrons. The van der Waals surface area contributed by atoms with Crippen molar-refractivity contribution in [1.29, 1.82) is 0 Å². The number of azo groups is 2. The summed E-state index contributed by atoms with van der Waals surface area (Å²) >= 11 is 1.15. The van der Waals surface area contributed by atoms with Gasteiger partial charge in [-0.3, -0.25) is 9.35 Å². The molecule has 0 atom stereocenters. The molecule has 0 radical (unpaired) electrons. The van der Waals surface area contributed by atoms with Gasteiger partial charge in [0.2, 0.25) is 0 Å². The van der Waals surface area contributed by atoms with E-state index in [1.54, 1.807) is 0 Å². The van der Waals surface area contributed by atoms with E-state index in [1.807, 2.05) is 0 Å². The standard InChI is InChI=1S/C33H28N6O17S5/c1-51-26-14-20(60(46,47)12-11-39-10-2-3-18(16-39)33(42)43)5-9-24(26)35-37-30-22-15-27(59-56-54-45)31(32(41)21(22)6-7-23(30)34)38-36-25-8-4-19(13-28(25)61(48,49)50)58-52-29(40)17-57-55-53-44/h2-10,13-16H,11-12,17H2,1H3,(H6-,34,35,36,41,42,43,44,45,48,49,50). The summed E-state index contributed by atoms with van der Waals surface area (Å²) in [4.78, 5) is 22.0. The van der Waals surface area contributed by atoms with Gasteiger partial charge in [0.15, 0.2) is 34.5 Å². The van der Waals surface area contributed by atoms with Gasteiger partial charge in [0.25, 0.3) is 10.1 Å². The molecule has 0 aliphatic heterocycles. The summed E-state index contributed by atoms with van der Waals surface area (Å²) in [6.45, 7) is -0.0704. The normalized spacial score (nSPS) is 12.1. The number of carboxylic acids is 1. The number of nitrogens with two attached hydrogens (primary N) is 1. The summed E-state index contributed by atoms with van der Waals surface area (Å²) in [5, 5.41) is 63.2. The maximum atomic E-state index is 13.2. The Morgan fingerprint density at radius 2 is 1.59 bits per heavy atom. The molecule has 0 saturated heterocycles. The topological polar surface area (TPSA) is 341 Å². The number of carbonyl (C=O) groups is 2. The third-order valence-corrected chi connectivity index (χ3v) is 12.2. The van der Waals surface area contributed by atoms with E-state index < -0.39 is 59.7 Å². The minimum Gasteiger partial charge on any atom is -0.545 e. The number of nitrogens with zero attached hydrogens (tertiary/aromatic N) is 5. The number of rotatable bonds is 20. The van der Waals surface area contributed by atoms with Gasteiger partial charge in [0.1, 0.15) is 44.9 Å². The quantitative estimate of drug-likeness (QED) is 0.00954. The zero-order valence-electron chi connectivity index (χ0n) is 30.6. The summed E-state index contributed by atoms with van der Waals surface area (Å²) in [6, 6.07) is 14.0. The summed E-state index contributed by atoms with van der Waals surface area (Å²) < 4.78 is 81.3. The van der Waals surface area contributed by atoms with Crippen molar-refractivity contribution < 1.29 is 83.9 Å². The van der Waals surface area contributed by atoms with Gasteiger partial charge in [-0.15, -0.1) is 29.1 Å². The van der Waals surface area contributed by atoms with E-state index >= 15 is 0 Å². The van der Waals surface area contributed by atoms with Crippen LogP contribution in [-0.2, 0) is 54.2 Å². The number of aromatic carboxylic acids is 1. The number of nitrogen functional groups attached to an aromatic ring is 1. The van der Waals surface area contributed by atoms with E-state index in [0.29, 0.717) is 36.1 Å². The molecule has 1 heterocycles. The summed E-state index contributed by atoms with van der Waals surface area (Å²) in [7, 11) is -7.62. The number of benzene rings is 4. The molecule has 0 aliphatic rings. The van der Waals surface area contributed by atoms with Crippen LogP contribution in [-0.4, -0.2) is 67.6 Å². The molecule has 0 amide bonds. The van der Waals surface area contributed by atoms with Gasteiger partial charge in [0.05, 0.1) is 58.2 Å². The SMILES string of the molecule is COc1cc(S(=O)(=O)CC[n+]2cccc(C(=O)[O-])c2)ccc1N=Nc1c(N)ccc2c(O)c(N=Nc3ccc(SOC(=O)CSOOO)cc3S(=O)(=O)O)c(SOOO)cc12. The van der Waals surface area contributed by atoms with Crippen molar-refractivity contribution in [3.63, 3.8) is 0 Å². The van der Waals surface area contributed by atoms with E-state index in [1.165, 1.54) is 78.7 Å². The molecule has 4 aromatic carbocycles. The number of methoxy groups -OCH3 is 1. The lowest BCUT2D eigenvalue weighted by atomic mass is 10.1. The fourth-order valence-corrected chi connectivity index (χ4v) is 8.38. The van der Waals surface area contributed by atoms with E-state index in [9.17, 15) is 41.2 Å². The van der Waals surface area contributed by atoms with Crippen molar-refractivity contribution in [2.75, 3.05) is 24.3 Å². The molecule has 5 rings (SSSR count). The first-order valence-electron chi connectivity index (χ1n) is 16.3.